The molecule has 4 heteroatoms. The summed E-state index contributed by atoms with van der Waals surface area (Å²) in [6.45, 7) is 7.76. The average molecular weight is 284 g/mol. The average Bonchev–Trinajstić information content (AvgIpc) is 2.32. The van der Waals surface area contributed by atoms with Gasteiger partial charge >= 0.3 is 0 Å². The molecule has 0 heterocycles. The number of carbonyl (C=O) groups is 1. The van der Waals surface area contributed by atoms with Gasteiger partial charge in [0.2, 0.25) is 0 Å². The minimum atomic E-state index is -0.515. The summed E-state index contributed by atoms with van der Waals surface area (Å²) >= 11 is 5.88. The maximum atomic E-state index is 11.9. The van der Waals surface area contributed by atoms with Crippen molar-refractivity contribution < 1.29 is 9.53 Å². The molecule has 0 bridgehead atoms. The first-order valence-corrected chi connectivity index (χ1v) is 7.05. The van der Waals surface area contributed by atoms with Crippen molar-refractivity contribution in [3.63, 3.8) is 0 Å². The lowest BCUT2D eigenvalue weighted by molar-refractivity contribution is -0.127. The molecule has 1 N–H and O–H groups in total. The number of amides is 1. The zero-order chi connectivity index (χ0) is 14.4. The van der Waals surface area contributed by atoms with E-state index in [2.05, 4.69) is 12.2 Å². The molecule has 1 aromatic carbocycles. The van der Waals surface area contributed by atoms with Crippen LogP contribution in [0.3, 0.4) is 0 Å². The van der Waals surface area contributed by atoms with Crippen LogP contribution in [0, 0.1) is 6.92 Å². The van der Waals surface area contributed by atoms with E-state index in [1.54, 1.807) is 19.1 Å². The zero-order valence-electron chi connectivity index (χ0n) is 12.0. The molecule has 19 heavy (non-hydrogen) atoms. The Morgan fingerprint density at radius 3 is 2.68 bits per heavy atom. The van der Waals surface area contributed by atoms with Crippen molar-refractivity contribution in [2.75, 3.05) is 0 Å². The van der Waals surface area contributed by atoms with Crippen LogP contribution < -0.4 is 10.1 Å². The summed E-state index contributed by atoms with van der Waals surface area (Å²) in [7, 11) is 0. The molecule has 0 aliphatic rings. The summed E-state index contributed by atoms with van der Waals surface area (Å²) in [6.07, 6.45) is 1.50. The van der Waals surface area contributed by atoms with Gasteiger partial charge in [-0.2, -0.15) is 0 Å². The van der Waals surface area contributed by atoms with Crippen molar-refractivity contribution in [1.29, 1.82) is 0 Å². The lowest BCUT2D eigenvalue weighted by atomic mass is 10.2. The number of halogens is 1. The molecule has 3 nitrogen and oxygen atoms in total. The molecule has 0 unspecified atom stereocenters. The molecular weight excluding hydrogens is 262 g/mol. The number of rotatable bonds is 6. The van der Waals surface area contributed by atoms with Gasteiger partial charge in [-0.3, -0.25) is 4.79 Å². The van der Waals surface area contributed by atoms with Crippen LogP contribution in [0.5, 0.6) is 5.75 Å². The van der Waals surface area contributed by atoms with Crippen molar-refractivity contribution in [2.24, 2.45) is 0 Å². The predicted octanol–water partition coefficient (Wildman–Crippen LogP) is 3.72. The van der Waals surface area contributed by atoms with Gasteiger partial charge in [0.15, 0.2) is 6.10 Å². The van der Waals surface area contributed by atoms with Crippen LogP contribution >= 0.6 is 11.6 Å². The van der Waals surface area contributed by atoms with Crippen molar-refractivity contribution >= 4 is 17.5 Å². The third-order valence-electron chi connectivity index (χ3n) is 2.92. The molecule has 1 amide bonds. The minimum Gasteiger partial charge on any atom is -0.481 e. The van der Waals surface area contributed by atoms with Gasteiger partial charge in [0.05, 0.1) is 0 Å². The highest BCUT2D eigenvalue weighted by Crippen LogP contribution is 2.22. The van der Waals surface area contributed by atoms with E-state index >= 15 is 0 Å². The van der Waals surface area contributed by atoms with Gasteiger partial charge < -0.3 is 10.1 Å². The van der Waals surface area contributed by atoms with E-state index in [1.807, 2.05) is 19.9 Å². The topological polar surface area (TPSA) is 38.3 Å². The Morgan fingerprint density at radius 2 is 2.11 bits per heavy atom. The summed E-state index contributed by atoms with van der Waals surface area (Å²) in [5.41, 5.74) is 0.925. The second-order valence-corrected chi connectivity index (χ2v) is 5.30. The number of nitrogens with one attached hydrogen (secondary N) is 1. The predicted molar refractivity (Wildman–Crippen MR) is 78.8 cm³/mol. The van der Waals surface area contributed by atoms with Crippen LogP contribution in [0.25, 0.3) is 0 Å². The van der Waals surface area contributed by atoms with E-state index < -0.39 is 6.10 Å². The monoisotopic (exact) mass is 283 g/mol. The van der Waals surface area contributed by atoms with Gasteiger partial charge in [0.25, 0.3) is 5.91 Å². The molecule has 0 fully saturated rings. The first-order chi connectivity index (χ1) is 8.93. The normalized spacial score (nSPS) is 13.7. The summed E-state index contributed by atoms with van der Waals surface area (Å²) in [5, 5.41) is 3.61. The summed E-state index contributed by atoms with van der Waals surface area (Å²) in [6, 6.07) is 5.54. The molecule has 1 aromatic rings. The van der Waals surface area contributed by atoms with Gasteiger partial charge in [0, 0.05) is 11.1 Å². The summed E-state index contributed by atoms with van der Waals surface area (Å²) < 4.78 is 5.67. The van der Waals surface area contributed by atoms with E-state index in [1.165, 1.54) is 0 Å². The van der Waals surface area contributed by atoms with Crippen LogP contribution in [0.4, 0.5) is 0 Å². The summed E-state index contributed by atoms with van der Waals surface area (Å²) in [4.78, 5) is 11.9. The third kappa shape index (κ3) is 5.11. The third-order valence-corrected chi connectivity index (χ3v) is 3.16. The Morgan fingerprint density at radius 1 is 1.42 bits per heavy atom. The van der Waals surface area contributed by atoms with E-state index in [4.69, 9.17) is 16.3 Å². The lowest BCUT2D eigenvalue weighted by Crippen LogP contribution is -2.41. The molecule has 0 radical (unpaired) electrons. The highest BCUT2D eigenvalue weighted by Gasteiger charge is 2.17. The highest BCUT2D eigenvalue weighted by atomic mass is 35.5. The molecule has 2 atom stereocenters. The van der Waals surface area contributed by atoms with Crippen LogP contribution in [0.1, 0.15) is 39.2 Å². The molecule has 0 aliphatic heterocycles. The van der Waals surface area contributed by atoms with Crippen LogP contribution in [0.2, 0.25) is 5.02 Å². The van der Waals surface area contributed by atoms with Crippen LogP contribution in [0.15, 0.2) is 18.2 Å². The Hall–Kier alpha value is -1.22. The smallest absolute Gasteiger partial charge is 0.260 e. The Balaban J connectivity index is 2.58. The van der Waals surface area contributed by atoms with Crippen LogP contribution in [-0.4, -0.2) is 18.1 Å². The highest BCUT2D eigenvalue weighted by molar-refractivity contribution is 6.30. The van der Waals surface area contributed by atoms with Crippen molar-refractivity contribution in [1.82, 2.24) is 5.32 Å². The molecular formula is C15H22ClNO2. The number of hydrogen-bond acceptors (Lipinski definition) is 2. The van der Waals surface area contributed by atoms with Crippen LogP contribution in [-0.2, 0) is 4.79 Å². The zero-order valence-corrected chi connectivity index (χ0v) is 12.8. The number of carbonyl (C=O) groups excluding carboxylic acids is 1. The van der Waals surface area contributed by atoms with Gasteiger partial charge in [-0.1, -0.05) is 24.9 Å². The number of hydrogen-bond donors (Lipinski definition) is 1. The molecule has 0 saturated carbocycles. The molecule has 0 spiro atoms. The van der Waals surface area contributed by atoms with Gasteiger partial charge in [-0.25, -0.2) is 0 Å². The fourth-order valence-electron chi connectivity index (χ4n) is 1.85. The first-order valence-electron chi connectivity index (χ1n) is 6.67. The number of aryl methyl sites for hydroxylation is 1. The first kappa shape index (κ1) is 15.8. The Labute approximate surface area is 120 Å². The van der Waals surface area contributed by atoms with E-state index in [0.29, 0.717) is 10.8 Å². The largest absolute Gasteiger partial charge is 0.481 e. The maximum absolute atomic E-state index is 11.9. The van der Waals surface area contributed by atoms with E-state index in [9.17, 15) is 4.79 Å². The Kier molecular flexibility index (Phi) is 6.16. The van der Waals surface area contributed by atoms with Gasteiger partial charge in [-0.15, -0.1) is 0 Å². The van der Waals surface area contributed by atoms with Crippen molar-refractivity contribution in [3.8, 4) is 5.75 Å². The molecule has 0 saturated heterocycles. The van der Waals surface area contributed by atoms with Gasteiger partial charge in [0.1, 0.15) is 5.75 Å². The fraction of sp³-hybridized carbons (Fsp3) is 0.533. The summed E-state index contributed by atoms with van der Waals surface area (Å²) in [5.74, 6) is 0.602. The molecule has 0 aliphatic carbocycles. The Bertz CT molecular complexity index is 434. The van der Waals surface area contributed by atoms with E-state index in [0.717, 1.165) is 18.4 Å². The standard InChI is InChI=1S/C15H22ClNO2/c1-5-6-11(3)17-15(18)12(4)19-14-8-7-13(16)9-10(14)2/h7-9,11-12H,5-6H2,1-4H3,(H,17,18)/t11-,12+/m1/s1. The van der Waals surface area contributed by atoms with E-state index in [-0.39, 0.29) is 11.9 Å². The molecule has 0 aromatic heterocycles. The molecule has 1 rings (SSSR count). The van der Waals surface area contributed by atoms with Gasteiger partial charge in [-0.05, 0) is 51.0 Å². The second kappa shape index (κ2) is 7.39. The van der Waals surface area contributed by atoms with Crippen molar-refractivity contribution in [3.05, 3.63) is 28.8 Å². The quantitative estimate of drug-likeness (QED) is 0.864. The fourth-order valence-corrected chi connectivity index (χ4v) is 2.08. The lowest BCUT2D eigenvalue weighted by Gasteiger charge is -2.19. The SMILES string of the molecule is CCC[C@@H](C)NC(=O)[C@H](C)Oc1ccc(Cl)cc1C. The van der Waals surface area contributed by atoms with Crippen molar-refractivity contribution in [2.45, 2.75) is 52.7 Å². The minimum absolute atomic E-state index is 0.0877. The number of ether oxygens (including phenoxy) is 1. The number of benzene rings is 1. The molecule has 106 valence electrons. The second-order valence-electron chi connectivity index (χ2n) is 4.87. The maximum Gasteiger partial charge on any atom is 0.260 e.